The van der Waals surface area contributed by atoms with Crippen molar-refractivity contribution in [1.29, 1.82) is 0 Å². The lowest BCUT2D eigenvalue weighted by Crippen LogP contribution is -2.06. The molecule has 5 rings (SSSR count). The summed E-state index contributed by atoms with van der Waals surface area (Å²) >= 11 is 7.83. The number of benzene rings is 2. The molecule has 156 valence electrons. The number of nitrogens with zero attached hydrogens (tertiary/aromatic N) is 4. The Balaban J connectivity index is 0.000000730. The van der Waals surface area contributed by atoms with Crippen molar-refractivity contribution in [1.82, 2.24) is 24.5 Å². The number of hydrogen-bond acceptors (Lipinski definition) is 7. The summed E-state index contributed by atoms with van der Waals surface area (Å²) in [5.74, 6) is 1.59. The average molecular weight is 454 g/mol. The molecule has 0 aliphatic heterocycles. The number of carbonyl (C=O) groups excluding carboxylic acids is 2. The molecule has 0 saturated heterocycles. The molecule has 8 nitrogen and oxygen atoms in total. The summed E-state index contributed by atoms with van der Waals surface area (Å²) in [4.78, 5) is 33.4. The van der Waals surface area contributed by atoms with Crippen molar-refractivity contribution >= 4 is 50.3 Å². The van der Waals surface area contributed by atoms with E-state index in [-0.39, 0.29) is 6.15 Å². The van der Waals surface area contributed by atoms with Crippen LogP contribution < -0.4 is 0 Å². The highest BCUT2D eigenvalue weighted by Crippen LogP contribution is 2.29. The van der Waals surface area contributed by atoms with Gasteiger partial charge in [-0.05, 0) is 36.4 Å². The number of rotatable bonds is 5. The van der Waals surface area contributed by atoms with Crippen LogP contribution in [0.15, 0.2) is 48.1 Å². The molecule has 3 heterocycles. The fraction of sp³-hybridized carbons (Fsp3) is 0.143. The third-order valence-corrected chi connectivity index (χ3v) is 5.69. The lowest BCUT2D eigenvalue weighted by molar-refractivity contribution is -0.191. The summed E-state index contributed by atoms with van der Waals surface area (Å²) < 4.78 is 8.54. The fourth-order valence-electron chi connectivity index (χ4n) is 3.30. The first-order valence-electron chi connectivity index (χ1n) is 9.17. The van der Waals surface area contributed by atoms with E-state index in [2.05, 4.69) is 31.7 Å². The van der Waals surface area contributed by atoms with Crippen LogP contribution in [0, 0.1) is 0 Å². The highest BCUT2D eigenvalue weighted by Gasteiger charge is 2.16. The largest absolute Gasteiger partial charge is 0.383 e. The first kappa shape index (κ1) is 20.9. The SMILES string of the molecule is COCCn1c(-c2cnc(-c3ccc4scnc4c3)[nH]2)nc2ccc(Cl)cc21.O=C=O. The molecule has 0 radical (unpaired) electrons. The van der Waals surface area contributed by atoms with E-state index < -0.39 is 0 Å². The Morgan fingerprint density at radius 2 is 2.00 bits per heavy atom. The second kappa shape index (κ2) is 9.20. The molecule has 0 fully saturated rings. The van der Waals surface area contributed by atoms with Crippen LogP contribution in [0.5, 0.6) is 0 Å². The highest BCUT2D eigenvalue weighted by atomic mass is 35.5. The van der Waals surface area contributed by atoms with Gasteiger partial charge in [0.2, 0.25) is 0 Å². The van der Waals surface area contributed by atoms with Crippen LogP contribution in [-0.4, -0.2) is 44.4 Å². The molecule has 0 bridgehead atoms. The molecule has 1 N–H and O–H groups in total. The third-order valence-electron chi connectivity index (χ3n) is 4.65. The Labute approximate surface area is 185 Å². The van der Waals surface area contributed by atoms with Gasteiger partial charge in [-0.3, -0.25) is 0 Å². The number of nitrogens with one attached hydrogen (secondary N) is 1. The summed E-state index contributed by atoms with van der Waals surface area (Å²) in [5, 5.41) is 0.680. The van der Waals surface area contributed by atoms with Gasteiger partial charge in [-0.25, -0.2) is 15.0 Å². The van der Waals surface area contributed by atoms with Gasteiger partial charge < -0.3 is 14.3 Å². The van der Waals surface area contributed by atoms with Crippen LogP contribution in [0.4, 0.5) is 0 Å². The molecule has 0 aliphatic rings. The standard InChI is InChI=1S/C20H16ClN5OS.CO2/c1-27-7-6-26-17-9-13(21)3-4-14(17)25-20(26)16-10-22-19(24-16)12-2-5-18-15(8-12)23-11-28-18;2-1-3/h2-5,8-11H,6-7H2,1H3,(H,22,24);. The molecule has 0 spiro atoms. The molecule has 2 aromatic carbocycles. The summed E-state index contributed by atoms with van der Waals surface area (Å²) in [7, 11) is 1.69. The van der Waals surface area contributed by atoms with Crippen LogP contribution in [0.25, 0.3) is 44.2 Å². The van der Waals surface area contributed by atoms with Crippen LogP contribution in [-0.2, 0) is 20.9 Å². The van der Waals surface area contributed by atoms with Crippen molar-refractivity contribution < 1.29 is 14.3 Å². The molecule has 0 amide bonds. The first-order chi connectivity index (χ1) is 15.1. The molecule has 0 unspecified atom stereocenters. The monoisotopic (exact) mass is 453 g/mol. The molecule has 0 saturated carbocycles. The number of H-pyrrole nitrogens is 1. The number of aromatic amines is 1. The maximum Gasteiger partial charge on any atom is 0.373 e. The number of imidazole rings is 2. The number of ether oxygens (including phenoxy) is 1. The quantitative estimate of drug-likeness (QED) is 0.422. The predicted octanol–water partition coefficient (Wildman–Crippen LogP) is 4.42. The van der Waals surface area contributed by atoms with Gasteiger partial charge in [-0.15, -0.1) is 11.3 Å². The number of fused-ring (bicyclic) bond motifs is 2. The second-order valence-corrected chi connectivity index (χ2v) is 7.80. The normalized spacial score (nSPS) is 10.8. The van der Waals surface area contributed by atoms with Gasteiger partial charge in [0.25, 0.3) is 0 Å². The Morgan fingerprint density at radius 3 is 2.81 bits per heavy atom. The fourth-order valence-corrected chi connectivity index (χ4v) is 4.12. The van der Waals surface area contributed by atoms with Crippen molar-refractivity contribution in [3.63, 3.8) is 0 Å². The van der Waals surface area contributed by atoms with E-state index in [0.717, 1.165) is 44.2 Å². The lowest BCUT2D eigenvalue weighted by Gasteiger charge is -2.07. The number of methoxy groups -OCH3 is 1. The van der Waals surface area contributed by atoms with Crippen molar-refractivity contribution in [3.05, 3.63) is 53.1 Å². The third kappa shape index (κ3) is 4.26. The van der Waals surface area contributed by atoms with Crippen molar-refractivity contribution in [2.45, 2.75) is 6.54 Å². The molecular weight excluding hydrogens is 438 g/mol. The summed E-state index contributed by atoms with van der Waals surface area (Å²) in [6.45, 7) is 1.24. The zero-order valence-corrected chi connectivity index (χ0v) is 17.9. The molecule has 31 heavy (non-hydrogen) atoms. The number of aromatic nitrogens is 5. The average Bonchev–Trinajstić information content (AvgIpc) is 3.50. The minimum Gasteiger partial charge on any atom is -0.383 e. The molecule has 0 aliphatic carbocycles. The molecular formula is C21H16ClN5O3S. The van der Waals surface area contributed by atoms with Gasteiger partial charge in [0, 0.05) is 24.2 Å². The molecule has 0 atom stereocenters. The number of thiazole rings is 1. The Morgan fingerprint density at radius 1 is 1.16 bits per heavy atom. The maximum absolute atomic E-state index is 8.12. The zero-order valence-electron chi connectivity index (χ0n) is 16.3. The molecule has 5 aromatic rings. The zero-order chi connectivity index (χ0) is 21.8. The van der Waals surface area contributed by atoms with Crippen LogP contribution in [0.3, 0.4) is 0 Å². The van der Waals surface area contributed by atoms with Crippen LogP contribution in [0.1, 0.15) is 0 Å². The van der Waals surface area contributed by atoms with E-state index in [0.29, 0.717) is 18.2 Å². The lowest BCUT2D eigenvalue weighted by atomic mass is 10.2. The van der Waals surface area contributed by atoms with Gasteiger partial charge in [0.15, 0.2) is 5.82 Å². The van der Waals surface area contributed by atoms with Gasteiger partial charge >= 0.3 is 6.15 Å². The Kier molecular flexibility index (Phi) is 6.20. The van der Waals surface area contributed by atoms with Crippen LogP contribution >= 0.6 is 22.9 Å². The van der Waals surface area contributed by atoms with Gasteiger partial charge in [0.1, 0.15) is 11.5 Å². The van der Waals surface area contributed by atoms with Crippen molar-refractivity contribution in [2.24, 2.45) is 0 Å². The van der Waals surface area contributed by atoms with Crippen molar-refractivity contribution in [3.8, 4) is 22.9 Å². The summed E-state index contributed by atoms with van der Waals surface area (Å²) in [5.41, 5.74) is 6.52. The molecule has 3 aromatic heterocycles. The Hall–Kier alpha value is -3.36. The maximum atomic E-state index is 8.12. The van der Waals surface area contributed by atoms with Crippen LogP contribution in [0.2, 0.25) is 5.02 Å². The predicted molar refractivity (Wildman–Crippen MR) is 118 cm³/mol. The van der Waals surface area contributed by atoms with E-state index in [9.17, 15) is 0 Å². The number of halogens is 1. The van der Waals surface area contributed by atoms with Gasteiger partial charge in [-0.2, -0.15) is 9.59 Å². The van der Waals surface area contributed by atoms with E-state index in [4.69, 9.17) is 30.9 Å². The minimum atomic E-state index is 0.250. The first-order valence-corrected chi connectivity index (χ1v) is 10.4. The topological polar surface area (TPSA) is 103 Å². The summed E-state index contributed by atoms with van der Waals surface area (Å²) in [6.07, 6.45) is 2.06. The Bertz CT molecular complexity index is 1380. The summed E-state index contributed by atoms with van der Waals surface area (Å²) in [6, 6.07) is 11.9. The second-order valence-electron chi connectivity index (χ2n) is 6.48. The number of hydrogen-bond donors (Lipinski definition) is 1. The highest BCUT2D eigenvalue weighted by molar-refractivity contribution is 7.16. The van der Waals surface area contributed by atoms with Crippen molar-refractivity contribution in [2.75, 3.05) is 13.7 Å². The van der Waals surface area contributed by atoms with Gasteiger partial charge in [0.05, 0.1) is 39.6 Å². The minimum absolute atomic E-state index is 0.250. The van der Waals surface area contributed by atoms with Gasteiger partial charge in [-0.1, -0.05) is 11.6 Å². The van der Waals surface area contributed by atoms with E-state index in [1.165, 1.54) is 0 Å². The molecule has 10 heteroatoms. The smallest absolute Gasteiger partial charge is 0.373 e. The van der Waals surface area contributed by atoms with E-state index >= 15 is 0 Å². The van der Waals surface area contributed by atoms with E-state index in [1.807, 2.05) is 36.0 Å². The van der Waals surface area contributed by atoms with E-state index in [1.54, 1.807) is 18.4 Å².